The van der Waals surface area contributed by atoms with Gasteiger partial charge in [0, 0.05) is 29.6 Å². The Kier molecular flexibility index (Phi) is 5.12. The van der Waals surface area contributed by atoms with Gasteiger partial charge >= 0.3 is 0 Å². The summed E-state index contributed by atoms with van der Waals surface area (Å²) in [5, 5.41) is 7.61. The monoisotopic (exact) mass is 363 g/mol. The van der Waals surface area contributed by atoms with Crippen molar-refractivity contribution < 1.29 is 9.53 Å². The van der Waals surface area contributed by atoms with E-state index in [2.05, 4.69) is 46.1 Å². The van der Waals surface area contributed by atoms with Crippen molar-refractivity contribution >= 4 is 16.8 Å². The van der Waals surface area contributed by atoms with Gasteiger partial charge in [-0.05, 0) is 48.7 Å². The molecule has 0 aliphatic carbocycles. The van der Waals surface area contributed by atoms with Gasteiger partial charge in [0.05, 0.1) is 13.2 Å². The first kappa shape index (κ1) is 17.6. The van der Waals surface area contributed by atoms with Crippen molar-refractivity contribution in [2.24, 2.45) is 0 Å². The highest BCUT2D eigenvalue weighted by molar-refractivity contribution is 5.85. The van der Waals surface area contributed by atoms with E-state index in [0.29, 0.717) is 6.54 Å². The maximum atomic E-state index is 12.5. The fraction of sp³-hybridized carbons (Fsp3) is 0.318. The van der Waals surface area contributed by atoms with Crippen molar-refractivity contribution in [3.8, 4) is 5.75 Å². The topological polar surface area (TPSA) is 66.2 Å². The molecule has 2 heterocycles. The van der Waals surface area contributed by atoms with Crippen molar-refractivity contribution in [2.75, 3.05) is 20.2 Å². The fourth-order valence-corrected chi connectivity index (χ4v) is 3.86. The van der Waals surface area contributed by atoms with Gasteiger partial charge in [0.25, 0.3) is 0 Å². The summed E-state index contributed by atoms with van der Waals surface area (Å²) in [6.07, 6.45) is 4.02. The highest BCUT2D eigenvalue weighted by atomic mass is 16.5. The molecule has 2 atom stereocenters. The number of carbonyl (C=O) groups excluding carboxylic acids is 1. The zero-order valence-corrected chi connectivity index (χ0v) is 15.5. The van der Waals surface area contributed by atoms with Gasteiger partial charge in [0.15, 0.2) is 0 Å². The average molecular weight is 363 g/mol. The Morgan fingerprint density at radius 2 is 2.04 bits per heavy atom. The molecule has 1 fully saturated rings. The van der Waals surface area contributed by atoms with Crippen LogP contribution in [-0.2, 0) is 4.79 Å². The third-order valence-corrected chi connectivity index (χ3v) is 5.37. The Balaban J connectivity index is 1.63. The molecule has 0 radical (unpaired) electrons. The number of aromatic amines is 1. The SMILES string of the molecule is COc1ccc(C(CNC(=O)C2CCCN2)c2c[nH]c3ccccc23)cc1. The maximum absolute atomic E-state index is 12.5. The van der Waals surface area contributed by atoms with Gasteiger partial charge in [-0.1, -0.05) is 30.3 Å². The van der Waals surface area contributed by atoms with Crippen molar-refractivity contribution in [3.63, 3.8) is 0 Å². The molecule has 0 bridgehead atoms. The van der Waals surface area contributed by atoms with Crippen LogP contribution in [0, 0.1) is 0 Å². The van der Waals surface area contributed by atoms with Crippen molar-refractivity contribution in [2.45, 2.75) is 24.8 Å². The number of H-pyrrole nitrogens is 1. The van der Waals surface area contributed by atoms with Crippen LogP contribution in [0.1, 0.15) is 29.9 Å². The van der Waals surface area contributed by atoms with Crippen LogP contribution in [0.25, 0.3) is 10.9 Å². The molecular weight excluding hydrogens is 338 g/mol. The van der Waals surface area contributed by atoms with E-state index in [1.807, 2.05) is 24.3 Å². The number of benzene rings is 2. The van der Waals surface area contributed by atoms with Gasteiger partial charge in [0.1, 0.15) is 5.75 Å². The molecule has 2 aromatic carbocycles. The summed E-state index contributed by atoms with van der Waals surface area (Å²) in [4.78, 5) is 15.9. The number of ether oxygens (including phenoxy) is 1. The van der Waals surface area contributed by atoms with Gasteiger partial charge in [-0.3, -0.25) is 4.79 Å². The first-order valence-electron chi connectivity index (χ1n) is 9.47. The third-order valence-electron chi connectivity index (χ3n) is 5.37. The Morgan fingerprint density at radius 1 is 1.22 bits per heavy atom. The Morgan fingerprint density at radius 3 is 2.78 bits per heavy atom. The lowest BCUT2D eigenvalue weighted by atomic mass is 9.90. The normalized spacial score (nSPS) is 17.7. The van der Waals surface area contributed by atoms with E-state index < -0.39 is 0 Å². The van der Waals surface area contributed by atoms with Gasteiger partial charge in [-0.25, -0.2) is 0 Å². The van der Waals surface area contributed by atoms with Crippen LogP contribution in [0.3, 0.4) is 0 Å². The molecule has 5 heteroatoms. The molecule has 27 heavy (non-hydrogen) atoms. The van der Waals surface area contributed by atoms with Gasteiger partial charge < -0.3 is 20.4 Å². The Hall–Kier alpha value is -2.79. The number of nitrogens with one attached hydrogen (secondary N) is 3. The lowest BCUT2D eigenvalue weighted by Gasteiger charge is -2.20. The predicted octanol–water partition coefficient (Wildman–Crippen LogP) is 3.18. The number of hydrogen-bond donors (Lipinski definition) is 3. The molecule has 3 aromatic rings. The third kappa shape index (κ3) is 3.69. The minimum Gasteiger partial charge on any atom is -0.497 e. The second kappa shape index (κ2) is 7.84. The summed E-state index contributed by atoms with van der Waals surface area (Å²) in [5.74, 6) is 0.985. The van der Waals surface area contributed by atoms with Crippen LogP contribution in [-0.4, -0.2) is 37.1 Å². The molecule has 140 valence electrons. The Bertz CT molecular complexity index is 911. The van der Waals surface area contributed by atoms with Gasteiger partial charge in [0.2, 0.25) is 5.91 Å². The van der Waals surface area contributed by atoms with Crippen LogP contribution in [0.15, 0.2) is 54.7 Å². The molecule has 4 rings (SSSR count). The molecule has 1 aromatic heterocycles. The van der Waals surface area contributed by atoms with E-state index in [1.54, 1.807) is 7.11 Å². The summed E-state index contributed by atoms with van der Waals surface area (Å²) < 4.78 is 5.29. The van der Waals surface area contributed by atoms with Crippen molar-refractivity contribution in [1.29, 1.82) is 0 Å². The van der Waals surface area contributed by atoms with Crippen LogP contribution in [0.5, 0.6) is 5.75 Å². The van der Waals surface area contributed by atoms with Crippen LogP contribution < -0.4 is 15.4 Å². The lowest BCUT2D eigenvalue weighted by molar-refractivity contribution is -0.122. The zero-order valence-electron chi connectivity index (χ0n) is 15.5. The largest absolute Gasteiger partial charge is 0.497 e. The zero-order chi connectivity index (χ0) is 18.6. The fourth-order valence-electron chi connectivity index (χ4n) is 3.86. The first-order chi connectivity index (χ1) is 13.3. The van der Waals surface area contributed by atoms with Gasteiger partial charge in [-0.2, -0.15) is 0 Å². The lowest BCUT2D eigenvalue weighted by Crippen LogP contribution is -2.42. The molecule has 2 unspecified atom stereocenters. The average Bonchev–Trinajstić information content (AvgIpc) is 3.39. The minimum atomic E-state index is -0.0653. The molecule has 0 spiro atoms. The summed E-state index contributed by atoms with van der Waals surface area (Å²) in [5.41, 5.74) is 3.45. The molecule has 1 aliphatic heterocycles. The number of amides is 1. The van der Waals surface area contributed by atoms with Crippen LogP contribution >= 0.6 is 0 Å². The van der Waals surface area contributed by atoms with Crippen LogP contribution in [0.2, 0.25) is 0 Å². The molecule has 1 aliphatic rings. The highest BCUT2D eigenvalue weighted by Gasteiger charge is 2.24. The van der Waals surface area contributed by atoms with E-state index in [0.717, 1.165) is 36.2 Å². The van der Waals surface area contributed by atoms with E-state index in [1.165, 1.54) is 10.9 Å². The van der Waals surface area contributed by atoms with E-state index >= 15 is 0 Å². The quantitative estimate of drug-likeness (QED) is 0.630. The molecule has 3 N–H and O–H groups in total. The van der Waals surface area contributed by atoms with E-state index in [4.69, 9.17) is 4.74 Å². The predicted molar refractivity (Wildman–Crippen MR) is 107 cm³/mol. The minimum absolute atomic E-state index is 0.0653. The number of rotatable bonds is 6. The smallest absolute Gasteiger partial charge is 0.237 e. The number of carbonyl (C=O) groups is 1. The van der Waals surface area contributed by atoms with Gasteiger partial charge in [-0.15, -0.1) is 0 Å². The summed E-state index contributed by atoms with van der Waals surface area (Å²) in [6, 6.07) is 16.3. The number of aromatic nitrogens is 1. The first-order valence-corrected chi connectivity index (χ1v) is 9.47. The molecule has 5 nitrogen and oxygen atoms in total. The molecule has 1 amide bonds. The molecule has 0 saturated carbocycles. The molecular formula is C22H25N3O2. The number of methoxy groups -OCH3 is 1. The number of fused-ring (bicyclic) bond motifs is 1. The van der Waals surface area contributed by atoms with Crippen molar-refractivity contribution in [3.05, 3.63) is 65.9 Å². The summed E-state index contributed by atoms with van der Waals surface area (Å²) >= 11 is 0. The highest BCUT2D eigenvalue weighted by Crippen LogP contribution is 2.31. The second-order valence-corrected chi connectivity index (χ2v) is 7.01. The maximum Gasteiger partial charge on any atom is 0.237 e. The number of hydrogen-bond acceptors (Lipinski definition) is 3. The second-order valence-electron chi connectivity index (χ2n) is 7.01. The van der Waals surface area contributed by atoms with E-state index in [-0.39, 0.29) is 17.9 Å². The van der Waals surface area contributed by atoms with Crippen molar-refractivity contribution in [1.82, 2.24) is 15.6 Å². The van der Waals surface area contributed by atoms with Crippen LogP contribution in [0.4, 0.5) is 0 Å². The summed E-state index contributed by atoms with van der Waals surface area (Å²) in [7, 11) is 1.67. The number of para-hydroxylation sites is 1. The molecule has 1 saturated heterocycles. The summed E-state index contributed by atoms with van der Waals surface area (Å²) in [6.45, 7) is 1.48. The standard InChI is InChI=1S/C22H25N3O2/c1-27-16-10-8-15(9-11-16)18(13-25-22(26)21-7-4-12-23-21)19-14-24-20-6-3-2-5-17(19)20/h2-3,5-6,8-11,14,18,21,23-24H,4,7,12-13H2,1H3,(H,25,26). The van der Waals surface area contributed by atoms with E-state index in [9.17, 15) is 4.79 Å². The Labute approximate surface area is 159 Å².